The highest BCUT2D eigenvalue weighted by Gasteiger charge is 2.43. The lowest BCUT2D eigenvalue weighted by atomic mass is 9.92. The van der Waals surface area contributed by atoms with Gasteiger partial charge in [-0.05, 0) is 63.6 Å². The molecule has 5 heteroatoms. The molecule has 2 aromatic rings. The molecule has 0 amide bonds. The Kier molecular flexibility index (Phi) is 3.74. The summed E-state index contributed by atoms with van der Waals surface area (Å²) < 4.78 is 19.5. The van der Waals surface area contributed by atoms with E-state index in [4.69, 9.17) is 10.5 Å². The van der Waals surface area contributed by atoms with Crippen molar-refractivity contribution in [3.05, 3.63) is 47.3 Å². The molecule has 0 aromatic heterocycles. The fourth-order valence-electron chi connectivity index (χ4n) is 3.18. The minimum atomic E-state index is -0.754. The van der Waals surface area contributed by atoms with E-state index in [1.807, 2.05) is 38.7 Å². The van der Waals surface area contributed by atoms with Crippen molar-refractivity contribution in [2.24, 2.45) is 0 Å². The number of hydrogen-bond donors (Lipinski definition) is 1. The highest BCUT2D eigenvalue weighted by molar-refractivity contribution is 5.84. The van der Waals surface area contributed by atoms with E-state index in [0.717, 1.165) is 28.8 Å². The van der Waals surface area contributed by atoms with Crippen LogP contribution in [0.4, 0.5) is 21.5 Å². The molecule has 3 rings (SSSR count). The largest absolute Gasteiger partial charge is 0.483 e. The van der Waals surface area contributed by atoms with Crippen LogP contribution in [-0.2, 0) is 4.79 Å². The Balaban J connectivity index is 2.29. The Morgan fingerprint density at radius 3 is 2.46 bits per heavy atom. The third-order valence-electron chi connectivity index (χ3n) is 4.60. The number of hydrogen-bond acceptors (Lipinski definition) is 4. The van der Waals surface area contributed by atoms with Gasteiger partial charge in [0.1, 0.15) is 29.5 Å². The van der Waals surface area contributed by atoms with Gasteiger partial charge in [0.25, 0.3) is 0 Å². The zero-order valence-corrected chi connectivity index (χ0v) is 14.3. The molecule has 126 valence electrons. The smallest absolute Gasteiger partial charge is 0.148 e. The predicted octanol–water partition coefficient (Wildman–Crippen LogP) is 3.90. The Hall–Kier alpha value is -2.56. The number of aryl methyl sites for hydroxylation is 1. The first-order valence-electron chi connectivity index (χ1n) is 7.85. The highest BCUT2D eigenvalue weighted by atomic mass is 19.1. The van der Waals surface area contributed by atoms with E-state index in [1.54, 1.807) is 12.1 Å². The average Bonchev–Trinajstić information content (AvgIpc) is 2.53. The van der Waals surface area contributed by atoms with E-state index in [1.165, 1.54) is 12.1 Å². The van der Waals surface area contributed by atoms with Gasteiger partial charge in [0.15, 0.2) is 0 Å². The summed E-state index contributed by atoms with van der Waals surface area (Å²) in [6, 6.07) is 7.47. The molecule has 1 heterocycles. The summed E-state index contributed by atoms with van der Waals surface area (Å²) in [5.74, 6) is 0.337. The molecule has 1 unspecified atom stereocenters. The summed E-state index contributed by atoms with van der Waals surface area (Å²) in [6.45, 7) is 7.55. The van der Waals surface area contributed by atoms with Gasteiger partial charge in [-0.1, -0.05) is 0 Å². The predicted molar refractivity (Wildman–Crippen MR) is 93.4 cm³/mol. The molecule has 1 aliphatic heterocycles. The number of fused-ring (bicyclic) bond motifs is 1. The Morgan fingerprint density at radius 2 is 1.88 bits per heavy atom. The first kappa shape index (κ1) is 16.3. The number of ether oxygens (including phenoxy) is 1. The van der Waals surface area contributed by atoms with Gasteiger partial charge in [-0.3, -0.25) is 0 Å². The number of nitrogens with two attached hydrogens (primary N) is 1. The number of rotatable bonds is 2. The Morgan fingerprint density at radius 1 is 1.25 bits per heavy atom. The molecular formula is C19H21FN2O2. The number of aldehydes is 1. The van der Waals surface area contributed by atoms with Crippen molar-refractivity contribution >= 4 is 23.3 Å². The van der Waals surface area contributed by atoms with Crippen LogP contribution < -0.4 is 15.4 Å². The maximum atomic E-state index is 13.3. The number of carbonyl (C=O) groups is 1. The maximum absolute atomic E-state index is 13.3. The van der Waals surface area contributed by atoms with Gasteiger partial charge in [-0.2, -0.15) is 0 Å². The van der Waals surface area contributed by atoms with Crippen molar-refractivity contribution in [3.8, 4) is 5.75 Å². The molecule has 1 aliphatic rings. The maximum Gasteiger partial charge on any atom is 0.148 e. The van der Waals surface area contributed by atoms with Gasteiger partial charge in [0, 0.05) is 16.9 Å². The average molecular weight is 328 g/mol. The quantitative estimate of drug-likeness (QED) is 0.671. The van der Waals surface area contributed by atoms with E-state index in [0.29, 0.717) is 11.4 Å². The monoisotopic (exact) mass is 328 g/mol. The zero-order chi connectivity index (χ0) is 17.6. The molecule has 0 saturated heterocycles. The minimum Gasteiger partial charge on any atom is -0.483 e. The molecule has 0 radical (unpaired) electrons. The van der Waals surface area contributed by atoms with E-state index in [-0.39, 0.29) is 5.82 Å². The van der Waals surface area contributed by atoms with Gasteiger partial charge in [-0.25, -0.2) is 4.39 Å². The summed E-state index contributed by atoms with van der Waals surface area (Å²) in [6.07, 6.45) is 0.868. The highest BCUT2D eigenvalue weighted by Crippen LogP contribution is 2.48. The lowest BCUT2D eigenvalue weighted by Gasteiger charge is -2.46. The molecule has 24 heavy (non-hydrogen) atoms. The Labute approximate surface area is 141 Å². The first-order valence-corrected chi connectivity index (χ1v) is 7.85. The number of nitrogen functional groups attached to an aromatic ring is 1. The normalized spacial score (nSPS) is 18.7. The summed E-state index contributed by atoms with van der Waals surface area (Å²) in [5.41, 5.74) is 9.32. The lowest BCUT2D eigenvalue weighted by molar-refractivity contribution is -0.112. The van der Waals surface area contributed by atoms with Crippen molar-refractivity contribution in [1.29, 1.82) is 0 Å². The van der Waals surface area contributed by atoms with Gasteiger partial charge >= 0.3 is 0 Å². The number of halogens is 1. The molecule has 0 aliphatic carbocycles. The van der Waals surface area contributed by atoms with Gasteiger partial charge in [0.05, 0.1) is 5.69 Å². The van der Waals surface area contributed by atoms with Gasteiger partial charge in [-0.15, -0.1) is 0 Å². The van der Waals surface area contributed by atoms with Crippen LogP contribution in [0.15, 0.2) is 30.3 Å². The van der Waals surface area contributed by atoms with Crippen LogP contribution in [0.1, 0.15) is 25.0 Å². The standard InChI is InChI=1S/C19H21FN2O2/c1-11-9-15-18(12(2)17(11)21)24-19(3,4)16(10-23)22(15)14-7-5-13(20)6-8-14/h5-10,16H,21H2,1-4H3. The minimum absolute atomic E-state index is 0.321. The molecule has 2 N–H and O–H groups in total. The fourth-order valence-corrected chi connectivity index (χ4v) is 3.18. The van der Waals surface area contributed by atoms with Gasteiger partial charge < -0.3 is 20.2 Å². The molecule has 0 spiro atoms. The van der Waals surface area contributed by atoms with Crippen LogP contribution >= 0.6 is 0 Å². The van der Waals surface area contributed by atoms with Crippen LogP contribution in [0.5, 0.6) is 5.75 Å². The van der Waals surface area contributed by atoms with Crippen LogP contribution in [0.2, 0.25) is 0 Å². The summed E-state index contributed by atoms with van der Waals surface area (Å²) in [7, 11) is 0. The second kappa shape index (κ2) is 5.51. The lowest BCUT2D eigenvalue weighted by Crippen LogP contribution is -2.55. The van der Waals surface area contributed by atoms with Crippen molar-refractivity contribution in [2.75, 3.05) is 10.6 Å². The molecular weight excluding hydrogens is 307 g/mol. The zero-order valence-electron chi connectivity index (χ0n) is 14.3. The fraction of sp³-hybridized carbons (Fsp3) is 0.316. The summed E-state index contributed by atoms with van der Waals surface area (Å²) in [5, 5.41) is 0. The van der Waals surface area contributed by atoms with Crippen LogP contribution in [-0.4, -0.2) is 17.9 Å². The van der Waals surface area contributed by atoms with E-state index < -0.39 is 11.6 Å². The second-order valence-corrected chi connectivity index (χ2v) is 6.71. The number of anilines is 3. The molecule has 0 saturated carbocycles. The third-order valence-corrected chi connectivity index (χ3v) is 4.60. The van der Waals surface area contributed by atoms with Crippen LogP contribution in [0.25, 0.3) is 0 Å². The number of carbonyl (C=O) groups excluding carboxylic acids is 1. The van der Waals surface area contributed by atoms with Crippen molar-refractivity contribution in [3.63, 3.8) is 0 Å². The van der Waals surface area contributed by atoms with Crippen LogP contribution in [0, 0.1) is 19.7 Å². The molecule has 4 nitrogen and oxygen atoms in total. The van der Waals surface area contributed by atoms with Crippen molar-refractivity contribution in [1.82, 2.24) is 0 Å². The third kappa shape index (κ3) is 2.40. The molecule has 0 bridgehead atoms. The SMILES string of the molecule is Cc1cc2c(c(C)c1N)OC(C)(C)C(C=O)N2c1ccc(F)cc1. The first-order chi connectivity index (χ1) is 11.3. The topological polar surface area (TPSA) is 55.6 Å². The van der Waals surface area contributed by atoms with E-state index >= 15 is 0 Å². The second-order valence-electron chi connectivity index (χ2n) is 6.71. The molecule has 2 aromatic carbocycles. The number of benzene rings is 2. The Bertz CT molecular complexity index is 800. The van der Waals surface area contributed by atoms with Crippen LogP contribution in [0.3, 0.4) is 0 Å². The molecule has 0 fully saturated rings. The van der Waals surface area contributed by atoms with Crippen molar-refractivity contribution in [2.45, 2.75) is 39.3 Å². The number of nitrogens with zero attached hydrogens (tertiary/aromatic N) is 1. The summed E-state index contributed by atoms with van der Waals surface area (Å²) in [4.78, 5) is 13.7. The summed E-state index contributed by atoms with van der Waals surface area (Å²) >= 11 is 0. The molecule has 1 atom stereocenters. The van der Waals surface area contributed by atoms with Gasteiger partial charge in [0.2, 0.25) is 0 Å². The van der Waals surface area contributed by atoms with Crippen molar-refractivity contribution < 1.29 is 13.9 Å². The van der Waals surface area contributed by atoms with E-state index in [9.17, 15) is 9.18 Å². The van der Waals surface area contributed by atoms with E-state index in [2.05, 4.69) is 0 Å².